The Bertz CT molecular complexity index is 748. The molecule has 0 aromatic heterocycles. The zero-order chi connectivity index (χ0) is 18.4. The summed E-state index contributed by atoms with van der Waals surface area (Å²) in [6, 6.07) is 5.94. The fraction of sp³-hybridized carbons (Fsp3) is 0.652. The van der Waals surface area contributed by atoms with Gasteiger partial charge >= 0.3 is 0 Å². The van der Waals surface area contributed by atoms with E-state index in [1.807, 2.05) is 12.1 Å². The van der Waals surface area contributed by atoms with Gasteiger partial charge in [-0.1, -0.05) is 34.8 Å². The number of benzene rings is 1. The van der Waals surface area contributed by atoms with Gasteiger partial charge in [0.15, 0.2) is 0 Å². The molecule has 1 aromatic carbocycles. The van der Waals surface area contributed by atoms with E-state index in [9.17, 15) is 10.2 Å². The topological polar surface area (TPSA) is 40.5 Å². The van der Waals surface area contributed by atoms with Crippen molar-refractivity contribution < 1.29 is 10.2 Å². The summed E-state index contributed by atoms with van der Waals surface area (Å²) in [4.78, 5) is 0. The second-order valence-electron chi connectivity index (χ2n) is 8.75. The fourth-order valence-electron chi connectivity index (χ4n) is 6.15. The number of hydrogen-bond acceptors (Lipinski definition) is 2. The normalized spacial score (nSPS) is 37.9. The van der Waals surface area contributed by atoms with Crippen LogP contribution in [0.4, 0.5) is 0 Å². The molecule has 2 saturated carbocycles. The number of alkyl halides is 1. The monoisotopic (exact) mass is 416 g/mol. The molecule has 1 aromatic rings. The molecule has 140 valence electrons. The molecule has 3 heteroatoms. The van der Waals surface area contributed by atoms with Gasteiger partial charge in [-0.05, 0) is 86.0 Å². The number of phenols is 1. The number of fused-ring (bicyclic) bond motifs is 5. The molecule has 3 aliphatic rings. The molecule has 0 amide bonds. The maximum atomic E-state index is 11.4. The van der Waals surface area contributed by atoms with Crippen LogP contribution in [0, 0.1) is 29.1 Å². The zero-order valence-corrected chi connectivity index (χ0v) is 17.2. The number of rotatable bonds is 2. The van der Waals surface area contributed by atoms with Crippen molar-refractivity contribution in [3.63, 3.8) is 0 Å². The number of unbranched alkanes of at least 4 members (excludes halogenated alkanes) is 1. The Kier molecular flexibility index (Phi) is 4.86. The standard InChI is InChI=1S/C23H29BrO2/c1-22-12-9-19-18-8-6-17(25)15-16(18)5-7-20(19)21(22)10-13-23(22,26)11-3-2-4-14-24/h6,8,15,19-21,25-26H,2,4-5,7,9-10,12-14H2,1H3/t19-,20-,21+,22+,23+/m1/s1. The molecule has 4 rings (SSSR count). The molecule has 2 fully saturated rings. The summed E-state index contributed by atoms with van der Waals surface area (Å²) in [6.07, 6.45) is 8.20. The summed E-state index contributed by atoms with van der Waals surface area (Å²) in [5.41, 5.74) is 1.88. The molecule has 5 atom stereocenters. The van der Waals surface area contributed by atoms with E-state index in [0.29, 0.717) is 23.5 Å². The summed E-state index contributed by atoms with van der Waals surface area (Å²) in [7, 11) is 0. The van der Waals surface area contributed by atoms with Gasteiger partial charge in [-0.25, -0.2) is 0 Å². The largest absolute Gasteiger partial charge is 0.508 e. The molecular weight excluding hydrogens is 388 g/mol. The second-order valence-corrected chi connectivity index (χ2v) is 9.54. The van der Waals surface area contributed by atoms with E-state index in [1.54, 1.807) is 0 Å². The summed E-state index contributed by atoms with van der Waals surface area (Å²) >= 11 is 3.45. The molecule has 0 unspecified atom stereocenters. The summed E-state index contributed by atoms with van der Waals surface area (Å²) in [5.74, 6) is 8.74. The van der Waals surface area contributed by atoms with E-state index in [1.165, 1.54) is 17.5 Å². The van der Waals surface area contributed by atoms with Crippen LogP contribution in [0.3, 0.4) is 0 Å². The molecule has 0 aliphatic heterocycles. The molecule has 0 bridgehead atoms. The minimum absolute atomic E-state index is 0.0794. The van der Waals surface area contributed by atoms with Gasteiger partial charge in [-0.2, -0.15) is 0 Å². The van der Waals surface area contributed by atoms with Crippen LogP contribution in [0.15, 0.2) is 18.2 Å². The lowest BCUT2D eigenvalue weighted by Crippen LogP contribution is -2.50. The molecule has 26 heavy (non-hydrogen) atoms. The first-order valence-corrected chi connectivity index (χ1v) is 11.2. The fourth-order valence-corrected chi connectivity index (χ4v) is 6.43. The van der Waals surface area contributed by atoms with Crippen molar-refractivity contribution in [3.8, 4) is 17.6 Å². The van der Waals surface area contributed by atoms with Crippen molar-refractivity contribution in [1.82, 2.24) is 0 Å². The van der Waals surface area contributed by atoms with E-state index in [0.717, 1.165) is 50.3 Å². The number of phenolic OH excluding ortho intramolecular Hbond substituents is 1. The van der Waals surface area contributed by atoms with Crippen LogP contribution in [0.5, 0.6) is 5.75 Å². The zero-order valence-electron chi connectivity index (χ0n) is 15.6. The van der Waals surface area contributed by atoms with Crippen molar-refractivity contribution in [1.29, 1.82) is 0 Å². The highest BCUT2D eigenvalue weighted by Crippen LogP contribution is 2.64. The lowest BCUT2D eigenvalue weighted by molar-refractivity contribution is -0.0648. The van der Waals surface area contributed by atoms with Crippen LogP contribution in [-0.4, -0.2) is 21.1 Å². The molecule has 2 N–H and O–H groups in total. The van der Waals surface area contributed by atoms with Gasteiger partial charge in [0.2, 0.25) is 0 Å². The Hall–Kier alpha value is -0.980. The third kappa shape index (κ3) is 2.81. The maximum absolute atomic E-state index is 11.4. The molecular formula is C23H29BrO2. The highest BCUT2D eigenvalue weighted by Gasteiger charge is 2.61. The average molecular weight is 417 g/mol. The summed E-state index contributed by atoms with van der Waals surface area (Å²) in [6.45, 7) is 2.30. The van der Waals surface area contributed by atoms with Gasteiger partial charge in [0.25, 0.3) is 0 Å². The Morgan fingerprint density at radius 3 is 2.88 bits per heavy atom. The van der Waals surface area contributed by atoms with Crippen LogP contribution < -0.4 is 0 Å². The van der Waals surface area contributed by atoms with Gasteiger partial charge in [0, 0.05) is 17.2 Å². The number of aryl methyl sites for hydroxylation is 1. The molecule has 0 radical (unpaired) electrons. The number of halogens is 1. The predicted octanol–water partition coefficient (Wildman–Crippen LogP) is 5.16. The summed E-state index contributed by atoms with van der Waals surface area (Å²) in [5, 5.41) is 22.2. The molecule has 0 spiro atoms. The third-order valence-electron chi connectivity index (χ3n) is 7.59. The van der Waals surface area contributed by atoms with Gasteiger partial charge in [-0.15, -0.1) is 5.92 Å². The Morgan fingerprint density at radius 1 is 1.23 bits per heavy atom. The van der Waals surface area contributed by atoms with Crippen molar-refractivity contribution in [2.45, 2.75) is 69.8 Å². The first-order chi connectivity index (χ1) is 12.5. The number of aliphatic hydroxyl groups is 1. The van der Waals surface area contributed by atoms with E-state index in [4.69, 9.17) is 0 Å². The van der Waals surface area contributed by atoms with Crippen molar-refractivity contribution in [3.05, 3.63) is 29.3 Å². The summed E-state index contributed by atoms with van der Waals surface area (Å²) < 4.78 is 0. The van der Waals surface area contributed by atoms with E-state index < -0.39 is 5.60 Å². The molecule has 0 saturated heterocycles. The van der Waals surface area contributed by atoms with Gasteiger partial charge in [0.1, 0.15) is 11.4 Å². The lowest BCUT2D eigenvalue weighted by atomic mass is 9.53. The Labute approximate surface area is 165 Å². The van der Waals surface area contributed by atoms with Crippen LogP contribution in [0.1, 0.15) is 68.9 Å². The minimum Gasteiger partial charge on any atom is -0.508 e. The molecule has 0 heterocycles. The van der Waals surface area contributed by atoms with E-state index in [2.05, 4.69) is 40.8 Å². The van der Waals surface area contributed by atoms with Gasteiger partial charge in [-0.3, -0.25) is 0 Å². The first-order valence-electron chi connectivity index (χ1n) is 10.1. The molecule has 2 nitrogen and oxygen atoms in total. The van der Waals surface area contributed by atoms with Crippen LogP contribution >= 0.6 is 15.9 Å². The number of hydrogen-bond donors (Lipinski definition) is 2. The third-order valence-corrected chi connectivity index (χ3v) is 8.15. The van der Waals surface area contributed by atoms with E-state index >= 15 is 0 Å². The van der Waals surface area contributed by atoms with Gasteiger partial charge < -0.3 is 10.2 Å². The highest BCUT2D eigenvalue weighted by atomic mass is 79.9. The van der Waals surface area contributed by atoms with Gasteiger partial charge in [0.05, 0.1) is 0 Å². The predicted molar refractivity (Wildman–Crippen MR) is 108 cm³/mol. The van der Waals surface area contributed by atoms with Crippen LogP contribution in [0.25, 0.3) is 0 Å². The Balaban J connectivity index is 1.60. The smallest absolute Gasteiger partial charge is 0.131 e. The first kappa shape index (κ1) is 18.4. The second kappa shape index (κ2) is 6.88. The molecule has 3 aliphatic carbocycles. The Morgan fingerprint density at radius 2 is 2.08 bits per heavy atom. The minimum atomic E-state index is -0.815. The van der Waals surface area contributed by atoms with E-state index in [-0.39, 0.29) is 5.41 Å². The van der Waals surface area contributed by atoms with Crippen molar-refractivity contribution >= 4 is 15.9 Å². The van der Waals surface area contributed by atoms with Crippen LogP contribution in [0.2, 0.25) is 0 Å². The lowest BCUT2D eigenvalue weighted by Gasteiger charge is -2.52. The van der Waals surface area contributed by atoms with Crippen molar-refractivity contribution in [2.75, 3.05) is 5.33 Å². The number of aromatic hydroxyl groups is 1. The SMILES string of the molecule is C[C@]12CC[C@@H]3c4ccc(O)cc4CC[C@H]3[C@@H]1CC[C@@]2(O)C#CCCCBr. The average Bonchev–Trinajstić information content (AvgIpc) is 2.90. The maximum Gasteiger partial charge on any atom is 0.131 e. The quantitative estimate of drug-likeness (QED) is 0.397. The highest BCUT2D eigenvalue weighted by molar-refractivity contribution is 9.09. The van der Waals surface area contributed by atoms with Crippen LogP contribution in [-0.2, 0) is 6.42 Å². The van der Waals surface area contributed by atoms with Crippen molar-refractivity contribution in [2.24, 2.45) is 17.3 Å².